The number of hydrogen-bond acceptors (Lipinski definition) is 3. The molecule has 0 spiro atoms. The second kappa shape index (κ2) is 6.18. The summed E-state index contributed by atoms with van der Waals surface area (Å²) in [5, 5.41) is 0. The molecule has 0 fully saturated rings. The van der Waals surface area contributed by atoms with Crippen molar-refractivity contribution in [3.8, 4) is 17.0 Å². The number of nitrogens with zero attached hydrogens (tertiary/aromatic N) is 1. The number of hydrogen-bond donors (Lipinski definition) is 1. The van der Waals surface area contributed by atoms with E-state index in [0.29, 0.717) is 12.3 Å². The van der Waals surface area contributed by atoms with E-state index >= 15 is 0 Å². The molecule has 0 aliphatic heterocycles. The van der Waals surface area contributed by atoms with Gasteiger partial charge in [-0.05, 0) is 25.5 Å². The molecule has 0 amide bonds. The van der Waals surface area contributed by atoms with Crippen molar-refractivity contribution in [1.29, 1.82) is 0 Å². The maximum Gasteiger partial charge on any atom is 0.251 e. The van der Waals surface area contributed by atoms with Gasteiger partial charge in [0.25, 0.3) is 5.56 Å². The normalized spacial score (nSPS) is 10.4. The van der Waals surface area contributed by atoms with Gasteiger partial charge in [0.2, 0.25) is 0 Å². The molecule has 0 aliphatic carbocycles. The zero-order chi connectivity index (χ0) is 13.7. The van der Waals surface area contributed by atoms with E-state index in [9.17, 15) is 4.79 Å². The minimum atomic E-state index is -0.115. The van der Waals surface area contributed by atoms with Gasteiger partial charge in [0, 0.05) is 18.1 Å². The van der Waals surface area contributed by atoms with Gasteiger partial charge in [-0.3, -0.25) is 4.79 Å². The minimum Gasteiger partial charge on any atom is -0.494 e. The van der Waals surface area contributed by atoms with E-state index in [1.807, 2.05) is 31.2 Å². The highest BCUT2D eigenvalue weighted by Crippen LogP contribution is 2.21. The number of aromatic amines is 1. The Morgan fingerprint density at radius 1 is 1.26 bits per heavy atom. The molecule has 100 valence electrons. The standard InChI is InChI=1S/C15H18N2O2/c1-3-6-14-16-13(10-15(18)17-14)11-7-5-8-12(9-11)19-4-2/h5,7-10H,3-4,6H2,1-2H3,(H,16,17,18). The van der Waals surface area contributed by atoms with Gasteiger partial charge < -0.3 is 9.72 Å². The van der Waals surface area contributed by atoms with Crippen LogP contribution in [0.1, 0.15) is 26.1 Å². The van der Waals surface area contributed by atoms with Gasteiger partial charge >= 0.3 is 0 Å². The van der Waals surface area contributed by atoms with Crippen LogP contribution < -0.4 is 10.3 Å². The molecular formula is C15H18N2O2. The Labute approximate surface area is 112 Å². The Morgan fingerprint density at radius 3 is 2.84 bits per heavy atom. The maximum absolute atomic E-state index is 11.6. The Bertz CT molecular complexity index is 605. The van der Waals surface area contributed by atoms with Crippen molar-refractivity contribution in [3.63, 3.8) is 0 Å². The number of H-pyrrole nitrogens is 1. The van der Waals surface area contributed by atoms with Crippen molar-refractivity contribution in [1.82, 2.24) is 9.97 Å². The van der Waals surface area contributed by atoms with Crippen LogP contribution >= 0.6 is 0 Å². The Morgan fingerprint density at radius 2 is 2.11 bits per heavy atom. The summed E-state index contributed by atoms with van der Waals surface area (Å²) in [5.41, 5.74) is 1.47. The molecule has 0 saturated heterocycles. The summed E-state index contributed by atoms with van der Waals surface area (Å²) >= 11 is 0. The van der Waals surface area contributed by atoms with Crippen LogP contribution in [0.4, 0.5) is 0 Å². The molecule has 19 heavy (non-hydrogen) atoms. The number of ether oxygens (including phenoxy) is 1. The van der Waals surface area contributed by atoms with E-state index < -0.39 is 0 Å². The predicted octanol–water partition coefficient (Wildman–Crippen LogP) is 2.79. The Kier molecular flexibility index (Phi) is 4.34. The average molecular weight is 258 g/mol. The highest BCUT2D eigenvalue weighted by molar-refractivity contribution is 5.60. The van der Waals surface area contributed by atoms with Gasteiger partial charge in [0.1, 0.15) is 11.6 Å². The summed E-state index contributed by atoms with van der Waals surface area (Å²) < 4.78 is 5.46. The molecule has 0 atom stereocenters. The van der Waals surface area contributed by atoms with Gasteiger partial charge in [0.05, 0.1) is 12.3 Å². The number of nitrogens with one attached hydrogen (secondary N) is 1. The van der Waals surface area contributed by atoms with E-state index in [0.717, 1.165) is 30.0 Å². The van der Waals surface area contributed by atoms with Crippen molar-refractivity contribution in [2.75, 3.05) is 6.61 Å². The summed E-state index contributed by atoms with van der Waals surface area (Å²) in [6.45, 7) is 4.62. The minimum absolute atomic E-state index is 0.115. The predicted molar refractivity (Wildman–Crippen MR) is 75.5 cm³/mol. The third-order valence-electron chi connectivity index (χ3n) is 2.72. The number of benzene rings is 1. The molecule has 0 saturated carbocycles. The third-order valence-corrected chi connectivity index (χ3v) is 2.72. The molecule has 0 unspecified atom stereocenters. The largest absolute Gasteiger partial charge is 0.494 e. The lowest BCUT2D eigenvalue weighted by Gasteiger charge is -2.06. The van der Waals surface area contributed by atoms with E-state index in [1.165, 1.54) is 6.07 Å². The lowest BCUT2D eigenvalue weighted by atomic mass is 10.1. The van der Waals surface area contributed by atoms with Gasteiger partial charge in [-0.2, -0.15) is 0 Å². The fraction of sp³-hybridized carbons (Fsp3) is 0.333. The van der Waals surface area contributed by atoms with Crippen molar-refractivity contribution in [2.24, 2.45) is 0 Å². The molecule has 1 N–H and O–H groups in total. The van der Waals surface area contributed by atoms with Crippen LogP contribution in [0.5, 0.6) is 5.75 Å². The highest BCUT2D eigenvalue weighted by atomic mass is 16.5. The topological polar surface area (TPSA) is 55.0 Å². The van der Waals surface area contributed by atoms with Crippen LogP contribution in [0.25, 0.3) is 11.3 Å². The first-order valence-electron chi connectivity index (χ1n) is 6.56. The second-order valence-corrected chi connectivity index (χ2v) is 4.29. The molecule has 0 bridgehead atoms. The quantitative estimate of drug-likeness (QED) is 0.897. The fourth-order valence-electron chi connectivity index (χ4n) is 1.92. The second-order valence-electron chi connectivity index (χ2n) is 4.29. The van der Waals surface area contributed by atoms with Crippen LogP contribution in [0, 0.1) is 0 Å². The number of aromatic nitrogens is 2. The highest BCUT2D eigenvalue weighted by Gasteiger charge is 2.05. The van der Waals surface area contributed by atoms with Crippen LogP contribution in [0.3, 0.4) is 0 Å². The zero-order valence-corrected chi connectivity index (χ0v) is 11.3. The molecule has 0 aliphatic rings. The molecule has 4 heteroatoms. The summed E-state index contributed by atoms with van der Waals surface area (Å²) in [6, 6.07) is 9.15. The summed E-state index contributed by atoms with van der Waals surface area (Å²) in [6.07, 6.45) is 1.72. The van der Waals surface area contributed by atoms with Crippen LogP contribution in [0.2, 0.25) is 0 Å². The van der Waals surface area contributed by atoms with Crippen molar-refractivity contribution < 1.29 is 4.74 Å². The van der Waals surface area contributed by atoms with Crippen LogP contribution in [-0.4, -0.2) is 16.6 Å². The monoisotopic (exact) mass is 258 g/mol. The van der Waals surface area contributed by atoms with E-state index in [-0.39, 0.29) is 5.56 Å². The number of aryl methyl sites for hydroxylation is 1. The summed E-state index contributed by atoms with van der Waals surface area (Å²) in [5.74, 6) is 1.52. The van der Waals surface area contributed by atoms with Gasteiger partial charge in [-0.25, -0.2) is 4.98 Å². The van der Waals surface area contributed by atoms with Gasteiger partial charge in [-0.1, -0.05) is 19.1 Å². The van der Waals surface area contributed by atoms with Gasteiger partial charge in [0.15, 0.2) is 0 Å². The maximum atomic E-state index is 11.6. The van der Waals surface area contributed by atoms with E-state index in [2.05, 4.69) is 16.9 Å². The first kappa shape index (κ1) is 13.3. The van der Waals surface area contributed by atoms with Gasteiger partial charge in [-0.15, -0.1) is 0 Å². The van der Waals surface area contributed by atoms with Crippen molar-refractivity contribution in [3.05, 3.63) is 46.5 Å². The molecule has 1 aromatic carbocycles. The number of rotatable bonds is 5. The van der Waals surface area contributed by atoms with E-state index in [4.69, 9.17) is 4.74 Å². The smallest absolute Gasteiger partial charge is 0.251 e. The molecule has 1 aromatic heterocycles. The zero-order valence-electron chi connectivity index (χ0n) is 11.3. The first-order valence-corrected chi connectivity index (χ1v) is 6.56. The SMILES string of the molecule is CCCc1nc(-c2cccc(OCC)c2)cc(=O)[nH]1. The van der Waals surface area contributed by atoms with Crippen LogP contribution in [0.15, 0.2) is 35.1 Å². The van der Waals surface area contributed by atoms with Crippen molar-refractivity contribution >= 4 is 0 Å². The molecule has 2 aromatic rings. The molecule has 4 nitrogen and oxygen atoms in total. The summed E-state index contributed by atoms with van der Waals surface area (Å²) in [7, 11) is 0. The Hall–Kier alpha value is -2.10. The molecule has 0 radical (unpaired) electrons. The molecule has 1 heterocycles. The van der Waals surface area contributed by atoms with Crippen LogP contribution in [-0.2, 0) is 6.42 Å². The lowest BCUT2D eigenvalue weighted by molar-refractivity contribution is 0.340. The fourth-order valence-corrected chi connectivity index (χ4v) is 1.92. The first-order chi connectivity index (χ1) is 9.22. The average Bonchev–Trinajstić information content (AvgIpc) is 2.39. The molecule has 2 rings (SSSR count). The molecular weight excluding hydrogens is 240 g/mol. The summed E-state index contributed by atoms with van der Waals surface area (Å²) in [4.78, 5) is 18.9. The lowest BCUT2D eigenvalue weighted by Crippen LogP contribution is -2.11. The van der Waals surface area contributed by atoms with Crippen molar-refractivity contribution in [2.45, 2.75) is 26.7 Å². The van der Waals surface area contributed by atoms with E-state index in [1.54, 1.807) is 0 Å². The Balaban J connectivity index is 2.40. The third kappa shape index (κ3) is 3.44.